The van der Waals surface area contributed by atoms with Crippen LogP contribution < -0.4 is 5.32 Å². The van der Waals surface area contributed by atoms with Crippen LogP contribution >= 0.6 is 36.6 Å². The maximum atomic E-state index is 12.5. The van der Waals surface area contributed by atoms with E-state index in [2.05, 4.69) is 10.3 Å². The lowest BCUT2D eigenvalue weighted by Crippen LogP contribution is -2.52. The number of aryl methyl sites for hydroxylation is 1. The van der Waals surface area contributed by atoms with Crippen LogP contribution in [0.3, 0.4) is 0 Å². The predicted molar refractivity (Wildman–Crippen MR) is 99.3 cm³/mol. The van der Waals surface area contributed by atoms with Gasteiger partial charge in [0.05, 0.1) is 5.75 Å². The number of nitrogens with zero attached hydrogens (tertiary/aromatic N) is 3. The Morgan fingerprint density at radius 3 is 2.92 bits per heavy atom. The van der Waals surface area contributed by atoms with Crippen molar-refractivity contribution in [2.45, 2.75) is 23.9 Å². The highest BCUT2D eigenvalue weighted by Crippen LogP contribution is 2.22. The smallest absolute Gasteiger partial charge is 0.289 e. The molecule has 0 bridgehead atoms. The van der Waals surface area contributed by atoms with Crippen molar-refractivity contribution in [2.24, 2.45) is 7.05 Å². The van der Waals surface area contributed by atoms with Crippen LogP contribution in [0.15, 0.2) is 34.1 Å². The van der Waals surface area contributed by atoms with Crippen LogP contribution in [0.5, 0.6) is 0 Å². The zero-order chi connectivity index (χ0) is 15.5. The Morgan fingerprint density at radius 1 is 1.46 bits per heavy atom. The van der Waals surface area contributed by atoms with E-state index in [4.69, 9.17) is 4.42 Å². The van der Waals surface area contributed by atoms with E-state index in [9.17, 15) is 4.79 Å². The molecule has 1 fully saturated rings. The lowest BCUT2D eigenvalue weighted by Gasteiger charge is -2.33. The summed E-state index contributed by atoms with van der Waals surface area (Å²) in [4.78, 5) is 18.6. The number of nitrogens with one attached hydrogen (secondary N) is 1. The van der Waals surface area contributed by atoms with E-state index < -0.39 is 0 Å². The molecule has 1 saturated heterocycles. The number of imidazole rings is 1. The monoisotopic (exact) mass is 392 g/mol. The molecule has 2 aromatic heterocycles. The van der Waals surface area contributed by atoms with Gasteiger partial charge in [0.1, 0.15) is 5.76 Å². The van der Waals surface area contributed by atoms with Crippen molar-refractivity contribution in [3.05, 3.63) is 36.0 Å². The van der Waals surface area contributed by atoms with Crippen molar-refractivity contribution in [1.82, 2.24) is 19.8 Å². The summed E-state index contributed by atoms with van der Waals surface area (Å²) in [6.45, 7) is 4.43. The Labute approximate surface area is 158 Å². The number of thioether (sulfide) groups is 1. The van der Waals surface area contributed by atoms with Crippen LogP contribution in [-0.2, 0) is 12.8 Å². The van der Waals surface area contributed by atoms with Crippen LogP contribution in [0.2, 0.25) is 0 Å². The second kappa shape index (κ2) is 9.36. The van der Waals surface area contributed by atoms with Crippen LogP contribution in [0.25, 0.3) is 0 Å². The standard InChI is InChI=1S/C15H20N4O2S.2ClH/c1-11-9-16-5-8-19(11)14(20)13-4-3-12(21-13)10-22-15-17-6-7-18(15)2;;/h3-4,6-7,11,16H,5,8-10H2,1-2H3;2*1H/t11-;;/m0../s1. The SMILES string of the molecule is C[C@H]1CNCCN1C(=O)c1ccc(CSc2nccn2C)o1.Cl.Cl. The van der Waals surface area contributed by atoms with Crippen molar-refractivity contribution in [2.75, 3.05) is 19.6 Å². The van der Waals surface area contributed by atoms with Gasteiger partial charge in [-0.05, 0) is 19.1 Å². The number of hydrogen-bond acceptors (Lipinski definition) is 5. The van der Waals surface area contributed by atoms with Gasteiger partial charge in [0, 0.05) is 45.1 Å². The Kier molecular flexibility index (Phi) is 8.15. The number of carbonyl (C=O) groups is 1. The van der Waals surface area contributed by atoms with E-state index in [1.165, 1.54) is 0 Å². The number of halogens is 2. The van der Waals surface area contributed by atoms with Crippen LogP contribution in [0.4, 0.5) is 0 Å². The molecule has 9 heteroatoms. The summed E-state index contributed by atoms with van der Waals surface area (Å²) in [6, 6.07) is 3.83. The molecule has 0 aliphatic carbocycles. The van der Waals surface area contributed by atoms with Gasteiger partial charge >= 0.3 is 0 Å². The fourth-order valence-corrected chi connectivity index (χ4v) is 3.31. The largest absolute Gasteiger partial charge is 0.455 e. The molecule has 0 unspecified atom stereocenters. The number of carbonyl (C=O) groups excluding carboxylic acids is 1. The lowest BCUT2D eigenvalue weighted by atomic mass is 10.2. The van der Waals surface area contributed by atoms with Crippen LogP contribution in [0.1, 0.15) is 23.2 Å². The molecule has 134 valence electrons. The van der Waals surface area contributed by atoms with Crippen molar-refractivity contribution >= 4 is 42.5 Å². The minimum absolute atomic E-state index is 0. The molecule has 1 aliphatic heterocycles. The molecule has 3 heterocycles. The Bertz CT molecular complexity index is 661. The molecule has 6 nitrogen and oxygen atoms in total. The molecule has 2 aromatic rings. The summed E-state index contributed by atoms with van der Waals surface area (Å²) in [6.07, 6.45) is 3.68. The normalized spacial score (nSPS) is 17.1. The zero-order valence-electron chi connectivity index (χ0n) is 13.6. The zero-order valence-corrected chi connectivity index (χ0v) is 16.0. The Balaban J connectivity index is 0.00000144. The highest BCUT2D eigenvalue weighted by atomic mass is 35.5. The third-order valence-electron chi connectivity index (χ3n) is 3.76. The highest BCUT2D eigenvalue weighted by Gasteiger charge is 2.26. The lowest BCUT2D eigenvalue weighted by molar-refractivity contribution is 0.0621. The van der Waals surface area contributed by atoms with Gasteiger partial charge in [-0.2, -0.15) is 0 Å². The van der Waals surface area contributed by atoms with E-state index in [-0.39, 0.29) is 36.8 Å². The minimum atomic E-state index is -0.0257. The minimum Gasteiger partial charge on any atom is -0.455 e. The fourth-order valence-electron chi connectivity index (χ4n) is 2.48. The first-order valence-corrected chi connectivity index (χ1v) is 8.34. The Hall–Kier alpha value is -1.15. The number of hydrogen-bond donors (Lipinski definition) is 1. The first-order chi connectivity index (χ1) is 10.6. The number of rotatable bonds is 4. The second-order valence-corrected chi connectivity index (χ2v) is 6.37. The number of furan rings is 1. The molecule has 24 heavy (non-hydrogen) atoms. The summed E-state index contributed by atoms with van der Waals surface area (Å²) >= 11 is 1.59. The van der Waals surface area contributed by atoms with Gasteiger partial charge in [-0.3, -0.25) is 4.79 Å². The van der Waals surface area contributed by atoms with Gasteiger partial charge in [-0.15, -0.1) is 24.8 Å². The number of aromatic nitrogens is 2. The average Bonchev–Trinajstić information content (AvgIpc) is 3.14. The molecule has 0 saturated carbocycles. The van der Waals surface area contributed by atoms with Crippen molar-refractivity contribution in [1.29, 1.82) is 0 Å². The van der Waals surface area contributed by atoms with Crippen LogP contribution in [-0.4, -0.2) is 46.0 Å². The number of amides is 1. The topological polar surface area (TPSA) is 63.3 Å². The first kappa shape index (κ1) is 20.9. The van der Waals surface area contributed by atoms with Gasteiger partial charge in [0.15, 0.2) is 10.9 Å². The quantitative estimate of drug-likeness (QED) is 0.809. The van der Waals surface area contributed by atoms with Gasteiger partial charge in [0.25, 0.3) is 5.91 Å². The number of piperazine rings is 1. The maximum absolute atomic E-state index is 12.5. The van der Waals surface area contributed by atoms with E-state index in [0.29, 0.717) is 11.5 Å². The predicted octanol–water partition coefficient (Wildman–Crippen LogP) is 2.58. The van der Waals surface area contributed by atoms with Crippen molar-refractivity contribution in [3.63, 3.8) is 0 Å². The summed E-state index contributed by atoms with van der Waals surface area (Å²) in [5.74, 6) is 1.85. The highest BCUT2D eigenvalue weighted by molar-refractivity contribution is 7.98. The fraction of sp³-hybridized carbons (Fsp3) is 0.467. The van der Waals surface area contributed by atoms with Gasteiger partial charge in [-0.1, -0.05) is 11.8 Å². The summed E-state index contributed by atoms with van der Waals surface area (Å²) in [5.41, 5.74) is 0. The van der Waals surface area contributed by atoms with E-state index in [1.54, 1.807) is 24.0 Å². The van der Waals surface area contributed by atoms with Crippen LogP contribution in [0, 0.1) is 0 Å². The van der Waals surface area contributed by atoms with Gasteiger partial charge in [0.2, 0.25) is 0 Å². The van der Waals surface area contributed by atoms with Crippen molar-refractivity contribution in [3.8, 4) is 0 Å². The third-order valence-corrected chi connectivity index (χ3v) is 4.84. The molecule has 0 spiro atoms. The molecular weight excluding hydrogens is 371 g/mol. The summed E-state index contributed by atoms with van der Waals surface area (Å²) < 4.78 is 7.68. The molecule has 1 amide bonds. The molecule has 0 radical (unpaired) electrons. The first-order valence-electron chi connectivity index (χ1n) is 7.35. The van der Waals surface area contributed by atoms with Gasteiger partial charge in [-0.25, -0.2) is 4.98 Å². The van der Waals surface area contributed by atoms with E-state index in [1.807, 2.05) is 35.7 Å². The van der Waals surface area contributed by atoms with E-state index >= 15 is 0 Å². The summed E-state index contributed by atoms with van der Waals surface area (Å²) in [5, 5.41) is 4.21. The van der Waals surface area contributed by atoms with Crippen molar-refractivity contribution < 1.29 is 9.21 Å². The second-order valence-electron chi connectivity index (χ2n) is 5.43. The molecule has 1 N–H and O–H groups in total. The third kappa shape index (κ3) is 4.69. The molecular formula is C15H22Cl2N4O2S. The van der Waals surface area contributed by atoms with Gasteiger partial charge < -0.3 is 19.2 Å². The molecule has 0 aromatic carbocycles. The molecule has 1 atom stereocenters. The summed E-state index contributed by atoms with van der Waals surface area (Å²) in [7, 11) is 1.96. The Morgan fingerprint density at radius 2 is 2.25 bits per heavy atom. The maximum Gasteiger partial charge on any atom is 0.289 e. The molecule has 3 rings (SSSR count). The average molecular weight is 393 g/mol. The van der Waals surface area contributed by atoms with E-state index in [0.717, 1.165) is 30.6 Å². The molecule has 1 aliphatic rings.